The molecular formula is C11H15NO2S. The molecule has 3 nitrogen and oxygen atoms in total. The number of rotatable bonds is 4. The van der Waals surface area contributed by atoms with E-state index in [-0.39, 0.29) is 5.97 Å². The molecule has 0 aliphatic rings. The summed E-state index contributed by atoms with van der Waals surface area (Å²) in [6.45, 7) is 2.51. The van der Waals surface area contributed by atoms with E-state index in [4.69, 9.17) is 5.73 Å². The van der Waals surface area contributed by atoms with Crippen LogP contribution in [0.3, 0.4) is 0 Å². The normalized spacial score (nSPS) is 10.1. The molecule has 0 aliphatic carbocycles. The Morgan fingerprint density at radius 1 is 1.53 bits per heavy atom. The third-order valence-electron chi connectivity index (χ3n) is 2.01. The number of nitrogens with two attached hydrogens (primary N) is 1. The summed E-state index contributed by atoms with van der Waals surface area (Å²) in [7, 11) is 1.39. The Morgan fingerprint density at radius 3 is 2.87 bits per heavy atom. The highest BCUT2D eigenvalue weighted by Gasteiger charge is 2.05. The standard InChI is InChI=1S/C11H15NO2S/c1-8-3-4-10(9(5-8)6-12)15-7-11(13)14-2/h3-5H,6-7,12H2,1-2H3. The Bertz CT molecular complexity index is 352. The number of aryl methyl sites for hydroxylation is 1. The highest BCUT2D eigenvalue weighted by molar-refractivity contribution is 8.00. The van der Waals surface area contributed by atoms with E-state index >= 15 is 0 Å². The van der Waals surface area contributed by atoms with E-state index in [2.05, 4.69) is 4.74 Å². The zero-order valence-electron chi connectivity index (χ0n) is 8.95. The number of thioether (sulfide) groups is 1. The number of hydrogen-bond donors (Lipinski definition) is 1. The van der Waals surface area contributed by atoms with Gasteiger partial charge < -0.3 is 10.5 Å². The average molecular weight is 225 g/mol. The fourth-order valence-corrected chi connectivity index (χ4v) is 2.09. The third kappa shape index (κ3) is 3.57. The lowest BCUT2D eigenvalue weighted by Crippen LogP contribution is -2.04. The van der Waals surface area contributed by atoms with Crippen LogP contribution in [0, 0.1) is 6.92 Å². The molecule has 1 aromatic carbocycles. The first-order valence-electron chi connectivity index (χ1n) is 4.66. The van der Waals surface area contributed by atoms with Crippen molar-refractivity contribution in [3.63, 3.8) is 0 Å². The Kier molecular flexibility index (Phi) is 4.65. The lowest BCUT2D eigenvalue weighted by Gasteiger charge is -2.07. The summed E-state index contributed by atoms with van der Waals surface area (Å²) in [6, 6.07) is 6.05. The van der Waals surface area contributed by atoms with Crippen LogP contribution < -0.4 is 5.73 Å². The molecule has 0 aliphatic heterocycles. The predicted octanol–water partition coefficient (Wildman–Crippen LogP) is 1.72. The van der Waals surface area contributed by atoms with Crippen molar-refractivity contribution < 1.29 is 9.53 Å². The van der Waals surface area contributed by atoms with E-state index in [1.807, 2.05) is 25.1 Å². The molecule has 0 fully saturated rings. The fourth-order valence-electron chi connectivity index (χ4n) is 1.20. The van der Waals surface area contributed by atoms with Gasteiger partial charge in [0.05, 0.1) is 12.9 Å². The maximum Gasteiger partial charge on any atom is 0.315 e. The quantitative estimate of drug-likeness (QED) is 0.626. The van der Waals surface area contributed by atoms with Gasteiger partial charge in [-0.05, 0) is 18.6 Å². The SMILES string of the molecule is COC(=O)CSc1ccc(C)cc1CN. The van der Waals surface area contributed by atoms with E-state index < -0.39 is 0 Å². The Morgan fingerprint density at radius 2 is 2.27 bits per heavy atom. The maximum atomic E-state index is 11.0. The van der Waals surface area contributed by atoms with Crippen molar-refractivity contribution >= 4 is 17.7 Å². The highest BCUT2D eigenvalue weighted by Crippen LogP contribution is 2.23. The number of hydrogen-bond acceptors (Lipinski definition) is 4. The van der Waals surface area contributed by atoms with Gasteiger partial charge >= 0.3 is 5.97 Å². The van der Waals surface area contributed by atoms with Gasteiger partial charge in [0.2, 0.25) is 0 Å². The monoisotopic (exact) mass is 225 g/mol. The number of methoxy groups -OCH3 is 1. The smallest absolute Gasteiger partial charge is 0.315 e. The molecule has 1 rings (SSSR count). The molecule has 4 heteroatoms. The van der Waals surface area contributed by atoms with Gasteiger partial charge in [-0.15, -0.1) is 11.8 Å². The largest absolute Gasteiger partial charge is 0.468 e. The number of ether oxygens (including phenoxy) is 1. The average Bonchev–Trinajstić information content (AvgIpc) is 2.26. The first kappa shape index (κ1) is 12.1. The van der Waals surface area contributed by atoms with Crippen LogP contribution in [0.4, 0.5) is 0 Å². The van der Waals surface area contributed by atoms with Gasteiger partial charge in [0.15, 0.2) is 0 Å². The number of carbonyl (C=O) groups is 1. The molecule has 0 atom stereocenters. The van der Waals surface area contributed by atoms with E-state index in [1.54, 1.807) is 0 Å². The third-order valence-corrected chi connectivity index (χ3v) is 3.10. The summed E-state index contributed by atoms with van der Waals surface area (Å²) in [5, 5.41) is 0. The first-order valence-corrected chi connectivity index (χ1v) is 5.65. The minimum absolute atomic E-state index is 0.219. The summed E-state index contributed by atoms with van der Waals surface area (Å²) in [4.78, 5) is 12.0. The van der Waals surface area contributed by atoms with Crippen LogP contribution in [-0.4, -0.2) is 18.8 Å². The molecule has 2 N–H and O–H groups in total. The topological polar surface area (TPSA) is 52.3 Å². The molecule has 0 aromatic heterocycles. The summed E-state index contributed by atoms with van der Waals surface area (Å²) >= 11 is 1.46. The summed E-state index contributed by atoms with van der Waals surface area (Å²) in [5.41, 5.74) is 7.88. The van der Waals surface area contributed by atoms with Crippen molar-refractivity contribution in [2.45, 2.75) is 18.4 Å². The van der Waals surface area contributed by atoms with Crippen molar-refractivity contribution in [3.05, 3.63) is 29.3 Å². The Labute approximate surface area is 94.0 Å². The van der Waals surface area contributed by atoms with Crippen LogP contribution >= 0.6 is 11.8 Å². The van der Waals surface area contributed by atoms with Crippen molar-refractivity contribution in [1.29, 1.82) is 0 Å². The summed E-state index contributed by atoms with van der Waals surface area (Å²) in [6.07, 6.45) is 0. The number of benzene rings is 1. The van der Waals surface area contributed by atoms with Crippen LogP contribution in [0.15, 0.2) is 23.1 Å². The van der Waals surface area contributed by atoms with Gasteiger partial charge in [0.1, 0.15) is 0 Å². The van der Waals surface area contributed by atoms with Crippen molar-refractivity contribution in [3.8, 4) is 0 Å². The van der Waals surface area contributed by atoms with Gasteiger partial charge in [0.25, 0.3) is 0 Å². The van der Waals surface area contributed by atoms with Crippen LogP contribution in [-0.2, 0) is 16.1 Å². The van der Waals surface area contributed by atoms with Crippen molar-refractivity contribution in [2.75, 3.05) is 12.9 Å². The molecule has 0 radical (unpaired) electrons. The Hall–Kier alpha value is -1.00. The lowest BCUT2D eigenvalue weighted by molar-refractivity contribution is -0.137. The molecular weight excluding hydrogens is 210 g/mol. The first-order chi connectivity index (χ1) is 7.17. The highest BCUT2D eigenvalue weighted by atomic mass is 32.2. The molecule has 0 heterocycles. The Balaban J connectivity index is 2.72. The minimum atomic E-state index is -0.219. The van der Waals surface area contributed by atoms with E-state index in [1.165, 1.54) is 24.4 Å². The molecule has 0 spiro atoms. The predicted molar refractivity (Wildman–Crippen MR) is 61.8 cm³/mol. The summed E-state index contributed by atoms with van der Waals surface area (Å²) < 4.78 is 4.58. The van der Waals surface area contributed by atoms with Crippen LogP contribution in [0.5, 0.6) is 0 Å². The van der Waals surface area contributed by atoms with Gasteiger partial charge in [-0.25, -0.2) is 0 Å². The zero-order valence-corrected chi connectivity index (χ0v) is 9.76. The second-order valence-corrected chi connectivity index (χ2v) is 4.20. The molecule has 0 amide bonds. The molecule has 0 bridgehead atoms. The van der Waals surface area contributed by atoms with Gasteiger partial charge in [-0.3, -0.25) is 4.79 Å². The van der Waals surface area contributed by atoms with Crippen LogP contribution in [0.2, 0.25) is 0 Å². The second-order valence-electron chi connectivity index (χ2n) is 3.18. The summed E-state index contributed by atoms with van der Waals surface area (Å²) in [5.74, 6) is 0.107. The maximum absolute atomic E-state index is 11.0. The van der Waals surface area contributed by atoms with Gasteiger partial charge in [0, 0.05) is 11.4 Å². The van der Waals surface area contributed by atoms with Gasteiger partial charge in [-0.2, -0.15) is 0 Å². The van der Waals surface area contributed by atoms with E-state index in [9.17, 15) is 4.79 Å². The number of carbonyl (C=O) groups excluding carboxylic acids is 1. The fraction of sp³-hybridized carbons (Fsp3) is 0.364. The molecule has 0 unspecified atom stereocenters. The van der Waals surface area contributed by atoms with E-state index in [0.717, 1.165) is 10.5 Å². The molecule has 0 saturated heterocycles. The van der Waals surface area contributed by atoms with Crippen LogP contribution in [0.25, 0.3) is 0 Å². The number of esters is 1. The molecule has 1 aromatic rings. The van der Waals surface area contributed by atoms with Crippen LogP contribution in [0.1, 0.15) is 11.1 Å². The second kappa shape index (κ2) is 5.78. The molecule has 0 saturated carbocycles. The van der Waals surface area contributed by atoms with Crippen molar-refractivity contribution in [2.24, 2.45) is 5.73 Å². The lowest BCUT2D eigenvalue weighted by atomic mass is 10.1. The minimum Gasteiger partial charge on any atom is -0.468 e. The van der Waals surface area contributed by atoms with E-state index in [0.29, 0.717) is 12.3 Å². The zero-order chi connectivity index (χ0) is 11.3. The van der Waals surface area contributed by atoms with Gasteiger partial charge in [-0.1, -0.05) is 17.7 Å². The molecule has 82 valence electrons. The van der Waals surface area contributed by atoms with Crippen molar-refractivity contribution in [1.82, 2.24) is 0 Å². The molecule has 15 heavy (non-hydrogen) atoms.